The van der Waals surface area contributed by atoms with Gasteiger partial charge in [0.25, 0.3) is 5.91 Å². The number of rotatable bonds is 5. The van der Waals surface area contributed by atoms with Gasteiger partial charge in [-0.1, -0.05) is 45.2 Å². The Morgan fingerprint density at radius 2 is 1.63 bits per heavy atom. The molecule has 0 aliphatic rings. The monoisotopic (exact) mass is 574 g/mol. The Bertz CT molecular complexity index is 1470. The smallest absolute Gasteiger partial charge is 0.328 e. The Hall–Kier alpha value is -3.53. The number of halogens is 3. The number of hydrogen-bond acceptors (Lipinski definition) is 4. The highest BCUT2D eigenvalue weighted by Crippen LogP contribution is 2.27. The van der Waals surface area contributed by atoms with Crippen LogP contribution in [-0.2, 0) is 9.59 Å². The average Bonchev–Trinajstić information content (AvgIpc) is 3.18. The van der Waals surface area contributed by atoms with Gasteiger partial charge in [-0.2, -0.15) is 0 Å². The number of carbonyl (C=O) groups excluding carboxylic acids is 3. The van der Waals surface area contributed by atoms with E-state index in [-0.39, 0.29) is 10.7 Å². The van der Waals surface area contributed by atoms with Crippen LogP contribution in [0.5, 0.6) is 5.75 Å². The largest absolute Gasteiger partial charge is 0.497 e. The Balaban J connectivity index is 1.62. The number of hydrogen-bond donors (Lipinski definition) is 3. The maximum Gasteiger partial charge on any atom is 0.328 e. The van der Waals surface area contributed by atoms with E-state index in [1.165, 1.54) is 17.9 Å². The van der Waals surface area contributed by atoms with Gasteiger partial charge in [-0.05, 0) is 54.6 Å². The molecule has 178 valence electrons. The van der Waals surface area contributed by atoms with Crippen LogP contribution in [0.3, 0.4) is 0 Å². The summed E-state index contributed by atoms with van der Waals surface area (Å²) in [4.78, 5) is 38.4. The SMILES string of the molecule is COc1cccc(NC(=O)C(=O)Nn2c(C(=O)Nc3ccc(Cl)c(Cl)c3)cc3cc(Br)ccc32)c1. The van der Waals surface area contributed by atoms with E-state index >= 15 is 0 Å². The Labute approximate surface area is 218 Å². The van der Waals surface area contributed by atoms with E-state index < -0.39 is 17.7 Å². The standard InChI is InChI=1S/C24H17BrCl2N4O4/c1-35-17-4-2-3-15(11-17)29-23(33)24(34)30-31-20-8-5-14(25)9-13(20)10-21(31)22(32)28-16-6-7-18(26)19(27)12-16/h2-12H,1H3,(H,28,32)(H,29,33)(H,30,34). The van der Waals surface area contributed by atoms with Crippen LogP contribution in [0, 0.1) is 0 Å². The number of aromatic nitrogens is 1. The molecule has 1 aromatic heterocycles. The highest BCUT2D eigenvalue weighted by atomic mass is 79.9. The second kappa shape index (κ2) is 10.4. The Morgan fingerprint density at radius 1 is 0.857 bits per heavy atom. The minimum atomic E-state index is -0.975. The van der Waals surface area contributed by atoms with Crippen LogP contribution in [0.25, 0.3) is 10.9 Å². The molecule has 3 aromatic carbocycles. The van der Waals surface area contributed by atoms with Crippen molar-refractivity contribution in [1.82, 2.24) is 4.68 Å². The number of benzene rings is 3. The first-order valence-electron chi connectivity index (χ1n) is 10.1. The molecular weight excluding hydrogens is 559 g/mol. The zero-order valence-electron chi connectivity index (χ0n) is 18.1. The summed E-state index contributed by atoms with van der Waals surface area (Å²) in [6.45, 7) is 0. The molecule has 0 spiro atoms. The van der Waals surface area contributed by atoms with E-state index in [0.717, 1.165) is 4.47 Å². The van der Waals surface area contributed by atoms with Crippen LogP contribution in [0.4, 0.5) is 11.4 Å². The zero-order chi connectivity index (χ0) is 25.1. The van der Waals surface area contributed by atoms with Crippen LogP contribution < -0.4 is 20.8 Å². The Kier molecular flexibility index (Phi) is 7.30. The predicted molar refractivity (Wildman–Crippen MR) is 140 cm³/mol. The highest BCUT2D eigenvalue weighted by molar-refractivity contribution is 9.10. The van der Waals surface area contributed by atoms with Crippen molar-refractivity contribution < 1.29 is 19.1 Å². The van der Waals surface area contributed by atoms with Crippen molar-refractivity contribution >= 4 is 79.1 Å². The second-order valence-electron chi connectivity index (χ2n) is 7.28. The molecule has 0 saturated heterocycles. The van der Waals surface area contributed by atoms with Crippen LogP contribution in [0.15, 0.2) is 71.2 Å². The maximum atomic E-state index is 13.1. The molecule has 11 heteroatoms. The summed E-state index contributed by atoms with van der Waals surface area (Å²) in [6, 6.07) is 18.1. The number of anilines is 2. The summed E-state index contributed by atoms with van der Waals surface area (Å²) in [7, 11) is 1.49. The molecule has 8 nitrogen and oxygen atoms in total. The van der Waals surface area contributed by atoms with Crippen molar-refractivity contribution in [3.8, 4) is 5.75 Å². The summed E-state index contributed by atoms with van der Waals surface area (Å²) in [6.07, 6.45) is 0. The van der Waals surface area contributed by atoms with Crippen molar-refractivity contribution in [3.63, 3.8) is 0 Å². The molecule has 0 aliphatic heterocycles. The lowest BCUT2D eigenvalue weighted by Gasteiger charge is -2.13. The highest BCUT2D eigenvalue weighted by Gasteiger charge is 2.21. The maximum absolute atomic E-state index is 13.1. The van der Waals surface area contributed by atoms with Gasteiger partial charge in [0.05, 0.1) is 22.7 Å². The van der Waals surface area contributed by atoms with E-state index in [1.807, 2.05) is 0 Å². The van der Waals surface area contributed by atoms with Gasteiger partial charge >= 0.3 is 11.8 Å². The third-order valence-corrected chi connectivity index (χ3v) is 6.15. The molecule has 4 rings (SSSR count). The first kappa shape index (κ1) is 24.6. The van der Waals surface area contributed by atoms with E-state index in [1.54, 1.807) is 60.7 Å². The fourth-order valence-corrected chi connectivity index (χ4v) is 3.96. The predicted octanol–water partition coefficient (Wildman–Crippen LogP) is 5.68. The van der Waals surface area contributed by atoms with Crippen molar-refractivity contribution in [3.05, 3.63) is 86.9 Å². The first-order chi connectivity index (χ1) is 16.7. The lowest BCUT2D eigenvalue weighted by Crippen LogP contribution is -2.36. The average molecular weight is 576 g/mol. The summed E-state index contributed by atoms with van der Waals surface area (Å²) in [5.74, 6) is -1.92. The third-order valence-electron chi connectivity index (χ3n) is 4.92. The Morgan fingerprint density at radius 3 is 2.37 bits per heavy atom. The number of methoxy groups -OCH3 is 1. The van der Waals surface area contributed by atoms with Crippen molar-refractivity contribution in [2.75, 3.05) is 23.2 Å². The number of carbonyl (C=O) groups is 3. The molecule has 0 saturated carbocycles. The van der Waals surface area contributed by atoms with Gasteiger partial charge in [0.15, 0.2) is 0 Å². The molecule has 0 atom stereocenters. The molecule has 1 heterocycles. The van der Waals surface area contributed by atoms with Gasteiger partial charge in [-0.25, -0.2) is 4.68 Å². The van der Waals surface area contributed by atoms with Crippen LogP contribution in [0.1, 0.15) is 10.5 Å². The lowest BCUT2D eigenvalue weighted by molar-refractivity contribution is -0.133. The normalized spacial score (nSPS) is 10.6. The van der Waals surface area contributed by atoms with Gasteiger partial charge in [0.1, 0.15) is 11.4 Å². The molecule has 0 fully saturated rings. The van der Waals surface area contributed by atoms with E-state index in [0.29, 0.717) is 33.0 Å². The van der Waals surface area contributed by atoms with Gasteiger partial charge < -0.3 is 15.4 Å². The van der Waals surface area contributed by atoms with E-state index in [9.17, 15) is 14.4 Å². The molecule has 0 bridgehead atoms. The van der Waals surface area contributed by atoms with E-state index in [2.05, 4.69) is 32.0 Å². The molecule has 0 aliphatic carbocycles. The van der Waals surface area contributed by atoms with Crippen LogP contribution in [-0.4, -0.2) is 29.5 Å². The molecule has 35 heavy (non-hydrogen) atoms. The fourth-order valence-electron chi connectivity index (χ4n) is 3.28. The van der Waals surface area contributed by atoms with Crippen LogP contribution in [0.2, 0.25) is 10.0 Å². The number of nitrogens with zero attached hydrogens (tertiary/aromatic N) is 1. The van der Waals surface area contributed by atoms with Crippen molar-refractivity contribution in [2.24, 2.45) is 0 Å². The fraction of sp³-hybridized carbons (Fsp3) is 0.0417. The molecule has 0 unspecified atom stereocenters. The van der Waals surface area contributed by atoms with Gasteiger partial charge in [-0.3, -0.25) is 19.8 Å². The minimum absolute atomic E-state index is 0.0895. The van der Waals surface area contributed by atoms with Gasteiger partial charge in [0.2, 0.25) is 0 Å². The molecule has 3 N–H and O–H groups in total. The lowest BCUT2D eigenvalue weighted by atomic mass is 10.2. The van der Waals surface area contributed by atoms with E-state index in [4.69, 9.17) is 27.9 Å². The zero-order valence-corrected chi connectivity index (χ0v) is 21.2. The van der Waals surface area contributed by atoms with Crippen molar-refractivity contribution in [1.29, 1.82) is 0 Å². The summed E-state index contributed by atoms with van der Waals surface area (Å²) in [5, 5.41) is 6.50. The number of fused-ring (bicyclic) bond motifs is 1. The molecular formula is C24H17BrCl2N4O4. The first-order valence-corrected chi connectivity index (χ1v) is 11.6. The van der Waals surface area contributed by atoms with Crippen molar-refractivity contribution in [2.45, 2.75) is 0 Å². The number of nitrogens with one attached hydrogen (secondary N) is 3. The molecule has 4 aromatic rings. The quantitative estimate of drug-likeness (QED) is 0.266. The molecule has 0 radical (unpaired) electrons. The minimum Gasteiger partial charge on any atom is -0.497 e. The van der Waals surface area contributed by atoms with Crippen LogP contribution >= 0.6 is 39.1 Å². The summed E-state index contributed by atoms with van der Waals surface area (Å²) < 4.78 is 7.16. The van der Waals surface area contributed by atoms with Gasteiger partial charge in [-0.15, -0.1) is 0 Å². The number of ether oxygens (including phenoxy) is 1. The topological polar surface area (TPSA) is 101 Å². The van der Waals surface area contributed by atoms with Gasteiger partial charge in [0, 0.05) is 27.3 Å². The summed E-state index contributed by atoms with van der Waals surface area (Å²) >= 11 is 15.4. The summed E-state index contributed by atoms with van der Waals surface area (Å²) in [5.41, 5.74) is 3.88. The number of amides is 3. The second-order valence-corrected chi connectivity index (χ2v) is 9.01. The third kappa shape index (κ3) is 5.59. The molecule has 3 amide bonds.